The molecule has 0 saturated carbocycles. The van der Waals surface area contributed by atoms with Gasteiger partial charge in [-0.25, -0.2) is 28.6 Å². The molecule has 5 aromatic heterocycles. The number of nitrogens with zero attached hydrogens (tertiary/aromatic N) is 11. The number of amides is 3. The summed E-state index contributed by atoms with van der Waals surface area (Å²) in [6.07, 6.45) is -15.5. The van der Waals surface area contributed by atoms with Crippen LogP contribution in [0.1, 0.15) is 208 Å². The zero-order chi connectivity index (χ0) is 108. The highest BCUT2D eigenvalue weighted by Crippen LogP contribution is 2.51. The number of rotatable bonds is 30. The van der Waals surface area contributed by atoms with E-state index in [1.807, 2.05) is 59.2 Å². The van der Waals surface area contributed by atoms with E-state index in [1.54, 1.807) is 115 Å². The van der Waals surface area contributed by atoms with Gasteiger partial charge in [-0.05, 0) is 132 Å². The maximum Gasteiger partial charge on any atom is 0.351 e. The summed E-state index contributed by atoms with van der Waals surface area (Å²) in [6, 6.07) is 43.5. The van der Waals surface area contributed by atoms with Gasteiger partial charge in [0.15, 0.2) is 31.1 Å². The second-order valence-corrected chi connectivity index (χ2v) is 33.3. The highest BCUT2D eigenvalue weighted by molar-refractivity contribution is 7.44. The van der Waals surface area contributed by atoms with Gasteiger partial charge in [-0.1, -0.05) is 140 Å². The second-order valence-electron chi connectivity index (χ2n) is 31.5. The third-order valence-corrected chi connectivity index (χ3v) is 24.5. The van der Waals surface area contributed by atoms with E-state index in [2.05, 4.69) is 46.9 Å². The lowest BCUT2D eigenvalue weighted by Crippen LogP contribution is -2.40. The summed E-state index contributed by atoms with van der Waals surface area (Å²) in [7, 11) is 5.51. The summed E-state index contributed by atoms with van der Waals surface area (Å²) >= 11 is 5.16. The Hall–Kier alpha value is -11.4. The van der Waals surface area contributed by atoms with Crippen molar-refractivity contribution in [2.75, 3.05) is 63.8 Å². The van der Waals surface area contributed by atoms with E-state index < -0.39 is 196 Å². The molecule has 41 heteroatoms. The number of carbonyl (C=O) groups excluding carboxylic acids is 4. The zero-order valence-corrected chi connectivity index (χ0v) is 79.8. The van der Waals surface area contributed by atoms with Crippen LogP contribution < -0.4 is 55.7 Å². The van der Waals surface area contributed by atoms with Gasteiger partial charge in [0.05, 0.1) is 49.6 Å². The summed E-state index contributed by atoms with van der Waals surface area (Å²) < 4.78 is 156. The molecule has 21 atom stereocenters. The fourth-order valence-electron chi connectivity index (χ4n) is 15.4. The molecule has 9 aromatic rings. The molecule has 0 spiro atoms. The Morgan fingerprint density at radius 3 is 1.10 bits per heavy atom. The number of hydrogen-bond donors (Lipinski definition) is 6. The largest absolute Gasteiger partial charge is 0.388 e. The van der Waals surface area contributed by atoms with Gasteiger partial charge in [0.1, 0.15) is 66.0 Å². The first kappa shape index (κ1) is 93.6. The van der Waals surface area contributed by atoms with E-state index in [1.165, 1.54) is 150 Å². The van der Waals surface area contributed by atoms with Crippen LogP contribution in [0, 0.1) is 29.1 Å². The van der Waals surface area contributed by atoms with E-state index in [4.69, 9.17) is 92.7 Å². The summed E-state index contributed by atoms with van der Waals surface area (Å²) in [5.74, 6) is -1.52. The minimum absolute atomic E-state index is 0.0182. The number of aromatic amines is 1. The lowest BCUT2D eigenvalue weighted by molar-refractivity contribution is -0.0541. The Morgan fingerprint density at radius 1 is 0.471 bits per heavy atom. The average Bonchev–Trinajstić information content (AvgIpc) is 1.63. The number of hydrogen-bond acceptors (Lipinski definition) is 30. The average molecular weight is 1930 g/mol. The second kappa shape index (κ2) is 52.8. The van der Waals surface area contributed by atoms with Gasteiger partial charge in [0.2, 0.25) is 0 Å². The number of nitrogen functional groups attached to an aromatic ring is 1. The first-order chi connectivity index (χ1) is 68.6. The van der Waals surface area contributed by atoms with Crippen LogP contribution >= 0.6 is 20.1 Å². The highest BCUT2D eigenvalue weighted by atomic mass is 35.5. The summed E-state index contributed by atoms with van der Waals surface area (Å²) in [5, 5.41) is 26.7. The van der Waals surface area contributed by atoms with Crippen molar-refractivity contribution in [3.63, 3.8) is 0 Å². The first-order valence-electron chi connectivity index (χ1n) is 48.3. The SMILES string of the molecule is O=C(Cl)c1ccccc1.[2H]C([2H])(C)[C@H]1O[C@@H](n2ccc(=O)[nH]c2=O)[C@H](OC)[C@@H]1C.[2H]C([2H])(C)[C@H]1O[C@@H](n2ccc(N)nc2=O)[C@H](OC)[C@@H]1C.[2H]C([2H])(C)[C@H]1O[C@@H](n2ccc(NC(=O)c3ccccc3)nc2=O)[C@H](OC)[C@@H]1C.[2H]C([2H])(C)[C@H]1O[C@@H](n2ccc(NC(=O)c3ccccc3)nc2=O)[C@H](OC)[C@@H]1O.[2H]C([2H])(C)[C@H]1O[C@@H](n2ccc(NC(=O)c3ccccc3)nc2=O)[C@H](OC)[C@@H]1OP(OCCC#N)N(C(C)C)C(C)C. The molecule has 7 N–H and O–H groups in total. The first-order valence-corrected chi connectivity index (χ1v) is 44.8. The monoisotopic (exact) mass is 1930 g/mol. The van der Waals surface area contributed by atoms with Crippen molar-refractivity contribution in [1.29, 1.82) is 5.26 Å². The number of nitrogens with one attached hydrogen (secondary N) is 4. The normalized spacial score (nSPS) is 26.5. The van der Waals surface area contributed by atoms with Gasteiger partial charge in [0.25, 0.3) is 37.0 Å². The third-order valence-electron chi connectivity index (χ3n) is 22.1. The van der Waals surface area contributed by atoms with Crippen LogP contribution in [0.2, 0.25) is 0 Å². The molecule has 5 aliphatic heterocycles. The van der Waals surface area contributed by atoms with E-state index in [0.29, 0.717) is 22.3 Å². The fraction of sp³-hybridized carbons (Fsp3) is 0.484. The molecule has 4 aromatic carbocycles. The van der Waals surface area contributed by atoms with Crippen molar-refractivity contribution in [3.8, 4) is 6.07 Å². The standard InChI is InChI=1S/C27H38N5O6P.C19H23N3O4.C18H21N3O5.C12H19N3O3.C12H18N2O4.C7H5ClO/c1-7-21-23(38-39(36-17-11-15-28)32(18(2)3)19(4)5)24(35-6)26(37-21)31-16-14-22(30-27(31)34)29-25(33)20-12-9-8-10-13-20;1-4-14-12(2)16(25-3)18(26-14)22-11-10-15(21-19(22)24)20-17(23)13-8-6-5-7-9-13;1-3-12-14(22)15(25-2)17(26-12)21-10-9-13(20-18(21)24)19-16(23)11-7-5-4-6-8-11;1-4-8-7(2)10(17-3)11(18-8)15-6-5-9(13)14-12(15)16;1-4-8-7(2)10(17-3)11(18-8)14-6-5-9(15)13-12(14)16;8-7(9)6-4-2-1-3-5-6/h8-10,12-14,16,18-19,21,23-24,26H,7,11,17H2,1-6H3,(H,29,30,33,34);5-12,14,16,18H,4H2,1-3H3,(H,20,21,23,24);4-10,12,14-15,17,22H,3H2,1-2H3,(H,19,20,23,24);5-8,10-11H,4H2,1-3H3,(H2,13,14,16);5-8,10-11H,4H2,1-3H3,(H,13,15,16);1-5H/t21-,23-,24-,26-,39?;12-,14-,16-,18-;12-,14-,15-,17-;2*7-,8-,10-,11-;/m11111./s1/i7D2;4D2;3D2;2*4D2;. The summed E-state index contributed by atoms with van der Waals surface area (Å²) in [6.45, 7) is 20.6. The molecule has 0 bridgehead atoms. The van der Waals surface area contributed by atoms with Gasteiger partial charge in [-0.15, -0.1) is 0 Å². The molecular formula is C95H124ClN16O23P. The molecule has 5 fully saturated rings. The number of carbonyl (C=O) groups is 4. The topological polar surface area (TPSA) is 483 Å². The van der Waals surface area contributed by atoms with E-state index >= 15 is 0 Å². The van der Waals surface area contributed by atoms with Gasteiger partial charge in [0, 0.05) is 138 Å². The number of nitriles is 1. The van der Waals surface area contributed by atoms with Crippen LogP contribution in [0.5, 0.6) is 0 Å². The maximum atomic E-state index is 13.1. The van der Waals surface area contributed by atoms with Crippen LogP contribution in [0.25, 0.3) is 0 Å². The third kappa shape index (κ3) is 28.0. The van der Waals surface area contributed by atoms with Crippen LogP contribution in [0.3, 0.4) is 0 Å². The van der Waals surface area contributed by atoms with E-state index in [0.717, 1.165) is 4.57 Å². The fourth-order valence-corrected chi connectivity index (χ4v) is 17.3. The van der Waals surface area contributed by atoms with E-state index in [9.17, 15) is 53.1 Å². The Bertz CT molecular complexity index is 6090. The molecule has 136 heavy (non-hydrogen) atoms. The van der Waals surface area contributed by atoms with Crippen LogP contribution in [-0.2, 0) is 56.4 Å². The lowest BCUT2D eigenvalue weighted by atomic mass is 9.98. The number of halogens is 1. The smallest absolute Gasteiger partial charge is 0.351 e. The van der Waals surface area contributed by atoms with Crippen molar-refractivity contribution in [2.45, 2.75) is 238 Å². The van der Waals surface area contributed by atoms with Crippen molar-refractivity contribution < 1.29 is 94.4 Å². The Morgan fingerprint density at radius 2 is 0.787 bits per heavy atom. The Labute approximate surface area is 808 Å². The molecule has 1 unspecified atom stereocenters. The number of aliphatic hydroxyl groups excluding tert-OH is 1. The lowest BCUT2D eigenvalue weighted by Gasteiger charge is -2.38. The van der Waals surface area contributed by atoms with Crippen molar-refractivity contribution >= 4 is 66.4 Å². The van der Waals surface area contributed by atoms with Gasteiger partial charge in [-0.3, -0.25) is 51.8 Å². The quantitative estimate of drug-likeness (QED) is 0.0138. The highest BCUT2D eigenvalue weighted by Gasteiger charge is 2.51. The molecular weight excluding hydrogens is 1800 g/mol. The minimum atomic E-state index is -1.88. The number of methoxy groups -OCH3 is 5. The zero-order valence-electron chi connectivity index (χ0n) is 88.2. The van der Waals surface area contributed by atoms with Gasteiger partial charge < -0.3 is 83.2 Å². The number of benzene rings is 4. The van der Waals surface area contributed by atoms with E-state index in [-0.39, 0.29) is 72.0 Å². The number of H-pyrrole nitrogens is 1. The molecule has 14 rings (SSSR count). The molecule has 3 amide bonds. The van der Waals surface area contributed by atoms with Crippen LogP contribution in [-0.4, -0.2) is 208 Å². The predicted octanol–water partition coefficient (Wildman–Crippen LogP) is 11.5. The minimum Gasteiger partial charge on any atom is -0.388 e. The number of ether oxygens (including phenoxy) is 10. The number of anilines is 4. The van der Waals surface area contributed by atoms with Gasteiger partial charge in [-0.2, -0.15) is 25.2 Å². The number of nitrogens with two attached hydrogens (primary N) is 1. The molecule has 5 saturated heterocycles. The van der Waals surface area contributed by atoms with Crippen molar-refractivity contribution in [2.24, 2.45) is 17.8 Å². The van der Waals surface area contributed by atoms with Crippen LogP contribution in [0.4, 0.5) is 23.3 Å². The molecule has 5 aliphatic rings. The summed E-state index contributed by atoms with van der Waals surface area (Å²) in [4.78, 5) is 138. The summed E-state index contributed by atoms with van der Waals surface area (Å²) in [5.41, 5.74) is 3.57. The predicted molar refractivity (Wildman–Crippen MR) is 508 cm³/mol. The molecule has 0 radical (unpaired) electrons. The molecule has 0 aliphatic carbocycles. The van der Waals surface area contributed by atoms with Crippen LogP contribution in [0.15, 0.2) is 211 Å². The maximum absolute atomic E-state index is 13.1. The van der Waals surface area contributed by atoms with Crippen molar-refractivity contribution in [1.82, 2.24) is 52.4 Å². The van der Waals surface area contributed by atoms with Gasteiger partial charge >= 0.3 is 28.4 Å². The molecule has 734 valence electrons. The number of aliphatic hydroxyl groups is 1. The Balaban J connectivity index is 0.000000203. The Kier molecular flexibility index (Phi) is 36.3. The molecule has 39 nitrogen and oxygen atoms in total. The number of aromatic nitrogens is 10. The molecule has 10 heterocycles. The van der Waals surface area contributed by atoms with Crippen molar-refractivity contribution in [3.05, 3.63) is 268 Å².